The second-order valence-corrected chi connectivity index (χ2v) is 3.86. The lowest BCUT2D eigenvalue weighted by atomic mass is 9.85. The van der Waals surface area contributed by atoms with E-state index in [0.29, 0.717) is 5.92 Å². The molecule has 62 valence electrons. The van der Waals surface area contributed by atoms with Crippen LogP contribution in [0.15, 0.2) is 0 Å². The van der Waals surface area contributed by atoms with Gasteiger partial charge in [-0.15, -0.1) is 0 Å². The van der Waals surface area contributed by atoms with Crippen LogP contribution >= 0.6 is 0 Å². The Bertz CT molecular complexity index is 178. The minimum atomic E-state index is -0.386. The van der Waals surface area contributed by atoms with Crippen molar-refractivity contribution in [1.29, 1.82) is 0 Å². The van der Waals surface area contributed by atoms with E-state index in [9.17, 15) is 4.79 Å². The van der Waals surface area contributed by atoms with Crippen molar-refractivity contribution in [3.8, 4) is 0 Å². The average Bonchev–Trinajstić information content (AvgIpc) is 2.62. The van der Waals surface area contributed by atoms with E-state index in [-0.39, 0.29) is 5.60 Å². The summed E-state index contributed by atoms with van der Waals surface area (Å²) in [7, 11) is 1.66. The molecule has 2 heteroatoms. The van der Waals surface area contributed by atoms with Crippen LogP contribution in [0.25, 0.3) is 0 Å². The lowest BCUT2D eigenvalue weighted by molar-refractivity contribution is -0.133. The fourth-order valence-electron chi connectivity index (χ4n) is 2.76. The molecule has 0 aromatic rings. The molecule has 0 aromatic heterocycles. The number of hydrogen-bond donors (Lipinski definition) is 0. The summed E-state index contributed by atoms with van der Waals surface area (Å²) in [6, 6.07) is 0. The molecule has 0 spiro atoms. The van der Waals surface area contributed by atoms with Gasteiger partial charge in [-0.2, -0.15) is 0 Å². The Hall–Kier alpha value is -0.370. The van der Waals surface area contributed by atoms with Gasteiger partial charge in [0, 0.05) is 7.11 Å². The smallest absolute Gasteiger partial charge is 0.152 e. The topological polar surface area (TPSA) is 26.3 Å². The third-order valence-corrected chi connectivity index (χ3v) is 3.42. The zero-order chi connectivity index (χ0) is 7.90. The highest BCUT2D eigenvalue weighted by molar-refractivity contribution is 5.64. The molecule has 0 aromatic carbocycles. The summed E-state index contributed by atoms with van der Waals surface area (Å²) < 4.78 is 5.31. The molecule has 2 aliphatic rings. The Morgan fingerprint density at radius 1 is 1.55 bits per heavy atom. The number of methoxy groups -OCH3 is 1. The summed E-state index contributed by atoms with van der Waals surface area (Å²) in [6.07, 6.45) is 5.71. The van der Waals surface area contributed by atoms with Crippen molar-refractivity contribution >= 4 is 6.29 Å². The van der Waals surface area contributed by atoms with Crippen molar-refractivity contribution in [2.24, 2.45) is 11.8 Å². The first-order chi connectivity index (χ1) is 5.30. The average molecular weight is 154 g/mol. The maximum atomic E-state index is 10.8. The molecule has 2 nitrogen and oxygen atoms in total. The predicted molar refractivity (Wildman–Crippen MR) is 41.3 cm³/mol. The minimum Gasteiger partial charge on any atom is -0.370 e. The molecule has 2 fully saturated rings. The zero-order valence-electron chi connectivity index (χ0n) is 6.88. The van der Waals surface area contributed by atoms with Gasteiger partial charge in [-0.25, -0.2) is 0 Å². The Morgan fingerprint density at radius 2 is 2.36 bits per heavy atom. The highest BCUT2D eigenvalue weighted by Gasteiger charge is 2.51. The van der Waals surface area contributed by atoms with Crippen molar-refractivity contribution in [1.82, 2.24) is 0 Å². The largest absolute Gasteiger partial charge is 0.370 e. The first kappa shape index (κ1) is 7.29. The Kier molecular flexibility index (Phi) is 1.53. The van der Waals surface area contributed by atoms with Crippen LogP contribution in [0.2, 0.25) is 0 Å². The van der Waals surface area contributed by atoms with Crippen molar-refractivity contribution in [2.75, 3.05) is 7.11 Å². The van der Waals surface area contributed by atoms with Gasteiger partial charge in [0.1, 0.15) is 5.60 Å². The van der Waals surface area contributed by atoms with Gasteiger partial charge in [0.25, 0.3) is 0 Å². The molecule has 0 saturated heterocycles. The summed E-state index contributed by atoms with van der Waals surface area (Å²) in [5.41, 5.74) is -0.386. The highest BCUT2D eigenvalue weighted by Crippen LogP contribution is 2.51. The quantitative estimate of drug-likeness (QED) is 0.562. The van der Waals surface area contributed by atoms with Crippen LogP contribution in [0, 0.1) is 11.8 Å². The Balaban J connectivity index is 2.20. The molecular formula is C9H14O2. The SMILES string of the molecule is COC1(C=O)CC2CCC1C2. The standard InChI is InChI=1S/C9H14O2/c1-11-9(6-10)5-7-2-3-8(9)4-7/h6-8H,2-5H2,1H3. The summed E-state index contributed by atoms with van der Waals surface area (Å²) >= 11 is 0. The van der Waals surface area contributed by atoms with E-state index in [0.717, 1.165) is 18.6 Å². The number of carbonyl (C=O) groups excluding carboxylic acids is 1. The van der Waals surface area contributed by atoms with Gasteiger partial charge in [-0.05, 0) is 37.5 Å². The van der Waals surface area contributed by atoms with E-state index in [4.69, 9.17) is 4.74 Å². The number of hydrogen-bond acceptors (Lipinski definition) is 2. The molecule has 2 bridgehead atoms. The number of rotatable bonds is 2. The van der Waals surface area contributed by atoms with Gasteiger partial charge in [0.05, 0.1) is 0 Å². The summed E-state index contributed by atoms with van der Waals surface area (Å²) in [5.74, 6) is 1.29. The van der Waals surface area contributed by atoms with Gasteiger partial charge in [0.2, 0.25) is 0 Å². The van der Waals surface area contributed by atoms with Gasteiger partial charge in [0.15, 0.2) is 6.29 Å². The van der Waals surface area contributed by atoms with Crippen LogP contribution in [0.4, 0.5) is 0 Å². The summed E-state index contributed by atoms with van der Waals surface area (Å²) in [4.78, 5) is 10.8. The second kappa shape index (κ2) is 2.31. The van der Waals surface area contributed by atoms with Crippen LogP contribution in [-0.2, 0) is 9.53 Å². The first-order valence-electron chi connectivity index (χ1n) is 4.32. The monoisotopic (exact) mass is 154 g/mol. The van der Waals surface area contributed by atoms with Crippen molar-refractivity contribution in [3.63, 3.8) is 0 Å². The molecule has 2 saturated carbocycles. The van der Waals surface area contributed by atoms with Crippen LogP contribution in [-0.4, -0.2) is 19.0 Å². The Morgan fingerprint density at radius 3 is 2.64 bits per heavy atom. The first-order valence-corrected chi connectivity index (χ1v) is 4.32. The molecule has 2 rings (SSSR count). The molecule has 0 radical (unpaired) electrons. The number of aldehydes is 1. The maximum Gasteiger partial charge on any atom is 0.152 e. The molecule has 0 amide bonds. The molecule has 0 N–H and O–H groups in total. The van der Waals surface area contributed by atoms with Crippen LogP contribution in [0.3, 0.4) is 0 Å². The van der Waals surface area contributed by atoms with E-state index in [1.54, 1.807) is 7.11 Å². The summed E-state index contributed by atoms with van der Waals surface area (Å²) in [6.45, 7) is 0. The zero-order valence-corrected chi connectivity index (χ0v) is 6.88. The van der Waals surface area contributed by atoms with E-state index >= 15 is 0 Å². The van der Waals surface area contributed by atoms with Gasteiger partial charge < -0.3 is 9.53 Å². The third kappa shape index (κ3) is 0.853. The molecule has 11 heavy (non-hydrogen) atoms. The van der Waals surface area contributed by atoms with Gasteiger partial charge >= 0.3 is 0 Å². The van der Waals surface area contributed by atoms with E-state index in [2.05, 4.69) is 0 Å². The number of ether oxygens (including phenoxy) is 1. The van der Waals surface area contributed by atoms with Crippen molar-refractivity contribution < 1.29 is 9.53 Å². The molecule has 0 aliphatic heterocycles. The molecular weight excluding hydrogens is 140 g/mol. The normalized spacial score (nSPS) is 48.1. The highest BCUT2D eigenvalue weighted by atomic mass is 16.5. The maximum absolute atomic E-state index is 10.8. The van der Waals surface area contributed by atoms with Gasteiger partial charge in [-0.3, -0.25) is 0 Å². The summed E-state index contributed by atoms with van der Waals surface area (Å²) in [5, 5.41) is 0. The van der Waals surface area contributed by atoms with Gasteiger partial charge in [-0.1, -0.05) is 0 Å². The fourth-order valence-corrected chi connectivity index (χ4v) is 2.76. The van der Waals surface area contributed by atoms with Crippen LogP contribution in [0.1, 0.15) is 25.7 Å². The van der Waals surface area contributed by atoms with E-state index in [1.807, 2.05) is 0 Å². The van der Waals surface area contributed by atoms with E-state index < -0.39 is 0 Å². The Labute approximate surface area is 66.9 Å². The molecule has 3 atom stereocenters. The fraction of sp³-hybridized carbons (Fsp3) is 0.889. The lowest BCUT2D eigenvalue weighted by Crippen LogP contribution is -2.38. The lowest BCUT2D eigenvalue weighted by Gasteiger charge is -2.30. The van der Waals surface area contributed by atoms with Crippen molar-refractivity contribution in [3.05, 3.63) is 0 Å². The van der Waals surface area contributed by atoms with E-state index in [1.165, 1.54) is 19.3 Å². The van der Waals surface area contributed by atoms with Crippen LogP contribution in [0.5, 0.6) is 0 Å². The van der Waals surface area contributed by atoms with Crippen molar-refractivity contribution in [2.45, 2.75) is 31.3 Å². The minimum absolute atomic E-state index is 0.386. The van der Waals surface area contributed by atoms with Crippen LogP contribution < -0.4 is 0 Å². The second-order valence-electron chi connectivity index (χ2n) is 3.86. The molecule has 3 unspecified atom stereocenters. The number of fused-ring (bicyclic) bond motifs is 2. The number of carbonyl (C=O) groups is 1. The third-order valence-electron chi connectivity index (χ3n) is 3.42. The molecule has 0 heterocycles. The molecule has 2 aliphatic carbocycles. The predicted octanol–water partition coefficient (Wildman–Crippen LogP) is 1.39.